The molecule has 0 amide bonds. The van der Waals surface area contributed by atoms with Crippen LogP contribution in [-0.4, -0.2) is 35.7 Å². The second-order valence-electron chi connectivity index (χ2n) is 5.52. The quantitative estimate of drug-likeness (QED) is 0.696. The maximum atomic E-state index is 12.4. The number of ether oxygens (including phenoxy) is 1. The number of carbonyl (C=O) groups excluding carboxylic acids is 1. The SMILES string of the molecule is CCNC1(C(=O)OCC)CCCC1CCSC(C)C. The molecule has 1 fully saturated rings. The molecule has 0 aliphatic heterocycles. The average molecular weight is 287 g/mol. The lowest BCUT2D eigenvalue weighted by Crippen LogP contribution is -2.55. The summed E-state index contributed by atoms with van der Waals surface area (Å²) in [5.74, 6) is 1.53. The molecule has 0 aromatic heterocycles. The van der Waals surface area contributed by atoms with Crippen molar-refractivity contribution in [1.29, 1.82) is 0 Å². The Morgan fingerprint density at radius 2 is 2.21 bits per heavy atom. The normalized spacial score (nSPS) is 26.9. The third kappa shape index (κ3) is 4.38. The third-order valence-corrected chi connectivity index (χ3v) is 5.01. The number of carbonyl (C=O) groups is 1. The largest absolute Gasteiger partial charge is 0.465 e. The summed E-state index contributed by atoms with van der Waals surface area (Å²) in [7, 11) is 0. The van der Waals surface area contributed by atoms with Gasteiger partial charge >= 0.3 is 5.97 Å². The lowest BCUT2D eigenvalue weighted by molar-refractivity contribution is -0.153. The van der Waals surface area contributed by atoms with Crippen LogP contribution in [0.3, 0.4) is 0 Å². The van der Waals surface area contributed by atoms with Crippen molar-refractivity contribution in [3.63, 3.8) is 0 Å². The van der Waals surface area contributed by atoms with Gasteiger partial charge in [0.25, 0.3) is 0 Å². The van der Waals surface area contributed by atoms with Crippen LogP contribution in [0, 0.1) is 5.92 Å². The minimum atomic E-state index is -0.414. The van der Waals surface area contributed by atoms with Gasteiger partial charge in [-0.25, -0.2) is 0 Å². The highest BCUT2D eigenvalue weighted by atomic mass is 32.2. The van der Waals surface area contributed by atoms with Crippen molar-refractivity contribution >= 4 is 17.7 Å². The van der Waals surface area contributed by atoms with E-state index in [0.29, 0.717) is 17.8 Å². The van der Waals surface area contributed by atoms with Gasteiger partial charge in [0.05, 0.1) is 6.61 Å². The molecule has 1 aliphatic rings. The summed E-state index contributed by atoms with van der Waals surface area (Å²) in [4.78, 5) is 12.4. The molecule has 1 aliphatic carbocycles. The van der Waals surface area contributed by atoms with E-state index in [1.54, 1.807) is 0 Å². The molecule has 4 heteroatoms. The third-order valence-electron chi connectivity index (χ3n) is 3.87. The first-order chi connectivity index (χ1) is 9.06. The summed E-state index contributed by atoms with van der Waals surface area (Å²) in [5.41, 5.74) is -0.414. The Labute approximate surface area is 122 Å². The molecule has 19 heavy (non-hydrogen) atoms. The van der Waals surface area contributed by atoms with Crippen LogP contribution in [0.25, 0.3) is 0 Å². The highest BCUT2D eigenvalue weighted by Gasteiger charge is 2.49. The number of thioether (sulfide) groups is 1. The molecular weight excluding hydrogens is 258 g/mol. The van der Waals surface area contributed by atoms with E-state index in [9.17, 15) is 4.79 Å². The van der Waals surface area contributed by atoms with E-state index in [2.05, 4.69) is 26.1 Å². The first-order valence-electron chi connectivity index (χ1n) is 7.60. The smallest absolute Gasteiger partial charge is 0.326 e. The molecule has 0 spiro atoms. The van der Waals surface area contributed by atoms with Crippen LogP contribution in [0.4, 0.5) is 0 Å². The monoisotopic (exact) mass is 287 g/mol. The van der Waals surface area contributed by atoms with Gasteiger partial charge in [0.1, 0.15) is 5.54 Å². The van der Waals surface area contributed by atoms with E-state index in [1.165, 1.54) is 0 Å². The predicted molar refractivity (Wildman–Crippen MR) is 82.6 cm³/mol. The lowest BCUT2D eigenvalue weighted by atomic mass is 9.85. The summed E-state index contributed by atoms with van der Waals surface area (Å²) in [6.07, 6.45) is 4.30. The van der Waals surface area contributed by atoms with Crippen molar-refractivity contribution in [2.24, 2.45) is 5.92 Å². The molecule has 3 nitrogen and oxygen atoms in total. The fourth-order valence-corrected chi connectivity index (χ4v) is 3.96. The minimum Gasteiger partial charge on any atom is -0.465 e. The topological polar surface area (TPSA) is 38.3 Å². The highest BCUT2D eigenvalue weighted by molar-refractivity contribution is 7.99. The number of likely N-dealkylation sites (N-methyl/N-ethyl adjacent to an activating group) is 1. The van der Waals surface area contributed by atoms with Crippen LogP contribution < -0.4 is 5.32 Å². The standard InChI is InChI=1S/C15H29NO2S/c1-5-16-15(14(17)18-6-2)10-7-8-13(15)9-11-19-12(3)4/h12-13,16H,5-11H2,1-4H3. The Morgan fingerprint density at radius 1 is 1.47 bits per heavy atom. The van der Waals surface area contributed by atoms with Crippen LogP contribution in [-0.2, 0) is 9.53 Å². The van der Waals surface area contributed by atoms with Gasteiger partial charge in [0.15, 0.2) is 0 Å². The Balaban J connectivity index is 2.67. The van der Waals surface area contributed by atoms with Gasteiger partial charge in [-0.15, -0.1) is 0 Å². The van der Waals surface area contributed by atoms with Crippen molar-refractivity contribution < 1.29 is 9.53 Å². The maximum absolute atomic E-state index is 12.4. The fraction of sp³-hybridized carbons (Fsp3) is 0.933. The van der Waals surface area contributed by atoms with Gasteiger partial charge in [-0.3, -0.25) is 4.79 Å². The summed E-state index contributed by atoms with van der Waals surface area (Å²) < 4.78 is 5.33. The van der Waals surface area contributed by atoms with E-state index in [-0.39, 0.29) is 5.97 Å². The summed E-state index contributed by atoms with van der Waals surface area (Å²) in [6.45, 7) is 9.70. The molecule has 1 rings (SSSR count). The highest BCUT2D eigenvalue weighted by Crippen LogP contribution is 2.39. The zero-order valence-electron chi connectivity index (χ0n) is 12.8. The van der Waals surface area contributed by atoms with E-state index in [4.69, 9.17) is 4.74 Å². The number of hydrogen-bond acceptors (Lipinski definition) is 4. The number of hydrogen-bond donors (Lipinski definition) is 1. The van der Waals surface area contributed by atoms with Gasteiger partial charge in [0.2, 0.25) is 0 Å². The first-order valence-corrected chi connectivity index (χ1v) is 8.65. The van der Waals surface area contributed by atoms with Crippen molar-refractivity contribution in [3.05, 3.63) is 0 Å². The lowest BCUT2D eigenvalue weighted by Gasteiger charge is -2.34. The van der Waals surface area contributed by atoms with Crippen LogP contribution in [0.1, 0.15) is 53.4 Å². The number of rotatable bonds is 8. The molecule has 0 aromatic carbocycles. The molecular formula is C15H29NO2S. The van der Waals surface area contributed by atoms with Crippen molar-refractivity contribution in [2.75, 3.05) is 18.9 Å². The Morgan fingerprint density at radius 3 is 2.79 bits per heavy atom. The van der Waals surface area contributed by atoms with Crippen LogP contribution >= 0.6 is 11.8 Å². The molecule has 0 aromatic rings. The van der Waals surface area contributed by atoms with E-state index < -0.39 is 5.54 Å². The zero-order chi connectivity index (χ0) is 14.3. The van der Waals surface area contributed by atoms with Gasteiger partial charge in [-0.05, 0) is 49.7 Å². The van der Waals surface area contributed by atoms with E-state index in [0.717, 1.165) is 38.0 Å². The number of nitrogens with one attached hydrogen (secondary N) is 1. The fourth-order valence-electron chi connectivity index (χ4n) is 3.06. The molecule has 1 N–H and O–H groups in total. The van der Waals surface area contributed by atoms with Gasteiger partial charge in [0, 0.05) is 0 Å². The van der Waals surface area contributed by atoms with Gasteiger partial charge < -0.3 is 10.1 Å². The van der Waals surface area contributed by atoms with E-state index >= 15 is 0 Å². The maximum Gasteiger partial charge on any atom is 0.326 e. The number of esters is 1. The van der Waals surface area contributed by atoms with Gasteiger partial charge in [-0.2, -0.15) is 11.8 Å². The Hall–Kier alpha value is -0.220. The molecule has 0 saturated heterocycles. The van der Waals surface area contributed by atoms with Crippen LogP contribution in [0.2, 0.25) is 0 Å². The zero-order valence-corrected chi connectivity index (χ0v) is 13.6. The summed E-state index contributed by atoms with van der Waals surface area (Å²) >= 11 is 1.98. The molecule has 0 radical (unpaired) electrons. The Bertz CT molecular complexity index is 283. The van der Waals surface area contributed by atoms with E-state index in [1.807, 2.05) is 18.7 Å². The second-order valence-corrected chi connectivity index (χ2v) is 7.20. The predicted octanol–water partition coefficient (Wildman–Crippen LogP) is 3.23. The molecule has 1 saturated carbocycles. The van der Waals surface area contributed by atoms with Crippen molar-refractivity contribution in [1.82, 2.24) is 5.32 Å². The average Bonchev–Trinajstić information content (AvgIpc) is 2.74. The van der Waals surface area contributed by atoms with Crippen LogP contribution in [0.5, 0.6) is 0 Å². The molecule has 2 unspecified atom stereocenters. The molecule has 112 valence electrons. The molecule has 2 atom stereocenters. The van der Waals surface area contributed by atoms with Crippen molar-refractivity contribution in [3.8, 4) is 0 Å². The minimum absolute atomic E-state index is 0.0334. The molecule has 0 heterocycles. The van der Waals surface area contributed by atoms with Gasteiger partial charge in [-0.1, -0.05) is 27.2 Å². The second kappa shape index (κ2) is 8.15. The first kappa shape index (κ1) is 16.8. The summed E-state index contributed by atoms with van der Waals surface area (Å²) in [5, 5.41) is 4.11. The van der Waals surface area contributed by atoms with Crippen molar-refractivity contribution in [2.45, 2.75) is 64.2 Å². The van der Waals surface area contributed by atoms with Crippen LogP contribution in [0.15, 0.2) is 0 Å². The Kier molecular flexibility index (Phi) is 7.22. The molecule has 0 bridgehead atoms. The summed E-state index contributed by atoms with van der Waals surface area (Å²) in [6, 6.07) is 0.